The minimum absolute atomic E-state index is 0.0308. The molecule has 0 unspecified atom stereocenters. The van der Waals surface area contributed by atoms with E-state index < -0.39 is 26.0 Å². The van der Waals surface area contributed by atoms with Crippen LogP contribution in [0.2, 0.25) is 0 Å². The van der Waals surface area contributed by atoms with E-state index >= 15 is 0 Å². The van der Waals surface area contributed by atoms with Crippen LogP contribution in [0.25, 0.3) is 0 Å². The summed E-state index contributed by atoms with van der Waals surface area (Å²) in [6.45, 7) is 0. The first-order valence-electron chi connectivity index (χ1n) is 8.36. The van der Waals surface area contributed by atoms with Gasteiger partial charge in [-0.2, -0.15) is 0 Å². The lowest BCUT2D eigenvalue weighted by atomic mass is 10.2. The molecule has 0 saturated carbocycles. The highest BCUT2D eigenvalue weighted by molar-refractivity contribution is 7.89. The highest BCUT2D eigenvalue weighted by Crippen LogP contribution is 2.28. The third-order valence-electron chi connectivity index (χ3n) is 4.08. The van der Waals surface area contributed by atoms with E-state index in [9.17, 15) is 21.6 Å². The van der Waals surface area contributed by atoms with E-state index in [4.69, 9.17) is 4.74 Å². The summed E-state index contributed by atoms with van der Waals surface area (Å²) >= 11 is 0. The smallest absolute Gasteiger partial charge is 0.255 e. The van der Waals surface area contributed by atoms with Crippen molar-refractivity contribution in [3.05, 3.63) is 48.0 Å². The molecule has 0 bridgehead atoms. The zero-order chi connectivity index (χ0) is 22.0. The van der Waals surface area contributed by atoms with Crippen LogP contribution in [0.1, 0.15) is 10.4 Å². The van der Waals surface area contributed by atoms with Crippen molar-refractivity contribution in [2.75, 3.05) is 40.6 Å². The summed E-state index contributed by atoms with van der Waals surface area (Å²) < 4.78 is 57.2. The van der Waals surface area contributed by atoms with Gasteiger partial charge >= 0.3 is 0 Å². The fourth-order valence-corrected chi connectivity index (χ4v) is 4.52. The quantitative estimate of drug-likeness (QED) is 0.696. The van der Waals surface area contributed by atoms with Gasteiger partial charge < -0.3 is 10.1 Å². The van der Waals surface area contributed by atoms with Crippen molar-refractivity contribution in [3.8, 4) is 5.75 Å². The molecule has 0 aliphatic rings. The van der Waals surface area contributed by atoms with Crippen LogP contribution in [0.4, 0.5) is 5.69 Å². The van der Waals surface area contributed by atoms with Gasteiger partial charge in [0, 0.05) is 33.8 Å². The van der Waals surface area contributed by atoms with Gasteiger partial charge in [-0.25, -0.2) is 25.4 Å². The van der Waals surface area contributed by atoms with E-state index in [2.05, 4.69) is 5.32 Å². The summed E-state index contributed by atoms with van der Waals surface area (Å²) in [6, 6.07) is 9.91. The number of benzene rings is 2. The number of nitrogens with zero attached hydrogens (tertiary/aromatic N) is 2. The van der Waals surface area contributed by atoms with Crippen LogP contribution in [0.15, 0.2) is 52.3 Å². The number of methoxy groups -OCH3 is 1. The maximum Gasteiger partial charge on any atom is 0.255 e. The Labute approximate surface area is 171 Å². The molecule has 2 aromatic carbocycles. The number of carbonyl (C=O) groups excluding carboxylic acids is 1. The predicted molar refractivity (Wildman–Crippen MR) is 109 cm³/mol. The van der Waals surface area contributed by atoms with Crippen LogP contribution in [-0.2, 0) is 20.0 Å². The molecule has 0 spiro atoms. The summed E-state index contributed by atoms with van der Waals surface area (Å²) in [5, 5.41) is 2.54. The van der Waals surface area contributed by atoms with Gasteiger partial charge in [0.2, 0.25) is 20.0 Å². The van der Waals surface area contributed by atoms with E-state index in [1.54, 1.807) is 12.1 Å². The monoisotopic (exact) mass is 441 g/mol. The van der Waals surface area contributed by atoms with Gasteiger partial charge in [0.05, 0.1) is 12.8 Å². The number of amides is 1. The van der Waals surface area contributed by atoms with Crippen LogP contribution in [0, 0.1) is 0 Å². The Morgan fingerprint density at radius 1 is 0.862 bits per heavy atom. The van der Waals surface area contributed by atoms with Crippen LogP contribution in [0.5, 0.6) is 5.75 Å². The SMILES string of the molecule is COc1ccc(C(=O)Nc2ccccc2S(=O)(=O)N(C)C)cc1S(=O)(=O)N(C)C. The molecule has 9 nitrogen and oxygen atoms in total. The lowest BCUT2D eigenvalue weighted by molar-refractivity contribution is 0.102. The van der Waals surface area contributed by atoms with Crippen molar-refractivity contribution in [1.29, 1.82) is 0 Å². The highest BCUT2D eigenvalue weighted by atomic mass is 32.2. The average molecular weight is 442 g/mol. The molecule has 11 heteroatoms. The maximum absolute atomic E-state index is 12.7. The van der Waals surface area contributed by atoms with E-state index in [1.807, 2.05) is 0 Å². The minimum Gasteiger partial charge on any atom is -0.495 e. The summed E-state index contributed by atoms with van der Waals surface area (Å²) in [5.41, 5.74) is 0.113. The topological polar surface area (TPSA) is 113 Å². The number of carbonyl (C=O) groups is 1. The zero-order valence-corrected chi connectivity index (χ0v) is 18.3. The number of ether oxygens (including phenoxy) is 1. The van der Waals surface area contributed by atoms with Gasteiger partial charge in [0.1, 0.15) is 15.5 Å². The second-order valence-corrected chi connectivity index (χ2v) is 10.6. The molecular weight excluding hydrogens is 418 g/mol. The zero-order valence-electron chi connectivity index (χ0n) is 16.7. The number of anilines is 1. The summed E-state index contributed by atoms with van der Waals surface area (Å²) in [4.78, 5) is 12.5. The number of hydrogen-bond donors (Lipinski definition) is 1. The Bertz CT molecular complexity index is 1130. The van der Waals surface area contributed by atoms with Crippen LogP contribution < -0.4 is 10.1 Å². The first-order valence-corrected chi connectivity index (χ1v) is 11.2. The Balaban J connectivity index is 2.49. The minimum atomic E-state index is -3.87. The third-order valence-corrected chi connectivity index (χ3v) is 7.79. The van der Waals surface area contributed by atoms with Crippen LogP contribution in [0.3, 0.4) is 0 Å². The molecule has 158 valence electrons. The van der Waals surface area contributed by atoms with Crippen molar-refractivity contribution in [3.63, 3.8) is 0 Å². The highest BCUT2D eigenvalue weighted by Gasteiger charge is 2.25. The molecule has 0 aromatic heterocycles. The number of sulfonamides is 2. The van der Waals surface area contributed by atoms with Gasteiger partial charge in [-0.15, -0.1) is 0 Å². The average Bonchev–Trinajstić information content (AvgIpc) is 2.67. The van der Waals surface area contributed by atoms with Gasteiger partial charge in [-0.3, -0.25) is 4.79 Å². The molecule has 2 rings (SSSR count). The summed E-state index contributed by atoms with van der Waals surface area (Å²) in [5.74, 6) is -0.574. The van der Waals surface area contributed by atoms with Crippen molar-refractivity contribution in [2.45, 2.75) is 9.79 Å². The molecule has 2 aromatic rings. The number of rotatable bonds is 7. The second-order valence-electron chi connectivity index (χ2n) is 6.39. The van der Waals surface area contributed by atoms with Gasteiger partial charge in [0.25, 0.3) is 5.91 Å². The van der Waals surface area contributed by atoms with E-state index in [0.717, 1.165) is 8.61 Å². The van der Waals surface area contributed by atoms with Crippen molar-refractivity contribution >= 4 is 31.6 Å². The molecule has 0 saturated heterocycles. The number of para-hydroxylation sites is 1. The van der Waals surface area contributed by atoms with Crippen molar-refractivity contribution in [1.82, 2.24) is 8.61 Å². The van der Waals surface area contributed by atoms with Crippen molar-refractivity contribution in [2.24, 2.45) is 0 Å². The summed E-state index contributed by atoms with van der Waals surface area (Å²) in [7, 11) is -0.833. The largest absolute Gasteiger partial charge is 0.495 e. The molecule has 0 aliphatic heterocycles. The Morgan fingerprint density at radius 3 is 1.97 bits per heavy atom. The Kier molecular flexibility index (Phi) is 6.68. The predicted octanol–water partition coefficient (Wildman–Crippen LogP) is 1.45. The Hall–Kier alpha value is -2.47. The molecular formula is C18H23N3O6S2. The molecule has 1 amide bonds. The maximum atomic E-state index is 12.7. The normalized spacial score (nSPS) is 12.2. The molecule has 1 N–H and O–H groups in total. The van der Waals surface area contributed by atoms with Crippen molar-refractivity contribution < 1.29 is 26.4 Å². The fourth-order valence-electron chi connectivity index (χ4n) is 2.40. The van der Waals surface area contributed by atoms with E-state index in [1.165, 1.54) is 65.6 Å². The molecule has 0 fully saturated rings. The van der Waals surface area contributed by atoms with Gasteiger partial charge in [-0.1, -0.05) is 12.1 Å². The standard InChI is InChI=1S/C18H23N3O6S2/c1-20(2)28(23,24)16-9-7-6-8-14(16)19-18(22)13-10-11-15(27-5)17(12-13)29(25,26)21(3)4/h6-12H,1-5H3,(H,19,22). The van der Waals surface area contributed by atoms with Crippen LogP contribution >= 0.6 is 0 Å². The van der Waals surface area contributed by atoms with Gasteiger partial charge in [-0.05, 0) is 30.3 Å². The molecule has 0 aliphatic carbocycles. The molecule has 0 radical (unpaired) electrons. The first kappa shape index (κ1) is 22.8. The molecule has 0 atom stereocenters. The number of nitrogens with one attached hydrogen (secondary N) is 1. The Morgan fingerprint density at radius 2 is 1.41 bits per heavy atom. The molecule has 29 heavy (non-hydrogen) atoms. The molecule has 0 heterocycles. The third kappa shape index (κ3) is 4.58. The first-order chi connectivity index (χ1) is 13.4. The van der Waals surface area contributed by atoms with Gasteiger partial charge in [0.15, 0.2) is 0 Å². The second kappa shape index (κ2) is 8.49. The number of hydrogen-bond acceptors (Lipinski definition) is 6. The fraction of sp³-hybridized carbons (Fsp3) is 0.278. The summed E-state index contributed by atoms with van der Waals surface area (Å²) in [6.07, 6.45) is 0. The van der Waals surface area contributed by atoms with Crippen LogP contribution in [-0.4, -0.2) is 66.7 Å². The lowest BCUT2D eigenvalue weighted by Crippen LogP contribution is -2.25. The van der Waals surface area contributed by atoms with E-state index in [-0.39, 0.29) is 26.8 Å². The van der Waals surface area contributed by atoms with E-state index in [0.29, 0.717) is 0 Å². The lowest BCUT2D eigenvalue weighted by Gasteiger charge is -2.17.